The lowest BCUT2D eigenvalue weighted by atomic mass is 10.1. The molecular weight excluding hydrogens is 336 g/mol. The topological polar surface area (TPSA) is 66.5 Å². The maximum absolute atomic E-state index is 13.2. The molecule has 5 nitrogen and oxygen atoms in total. The Morgan fingerprint density at radius 3 is 2.44 bits per heavy atom. The molecule has 25 heavy (non-hydrogen) atoms. The average molecular weight is 367 g/mol. The van der Waals surface area contributed by atoms with Gasteiger partial charge in [0.05, 0.1) is 4.90 Å². The Morgan fingerprint density at radius 2 is 1.84 bits per heavy atom. The van der Waals surface area contributed by atoms with Crippen molar-refractivity contribution < 1.29 is 13.2 Å². The quantitative estimate of drug-likeness (QED) is 0.754. The smallest absolute Gasteiger partial charge is 0.244 e. The standard InChI is InChI=1S/C19H30N2O3S/c1-5-6-7-10-20-19(22)17-9-8-11-21(17)25(23,24)18-15(3)12-14(2)13-16(18)4/h12-13,17H,5-11H2,1-4H3,(H,20,22). The van der Waals surface area contributed by atoms with E-state index in [0.29, 0.717) is 24.4 Å². The number of benzene rings is 1. The predicted octanol–water partition coefficient (Wildman–Crippen LogP) is 3.07. The number of rotatable bonds is 7. The number of unbranched alkanes of at least 4 members (excludes halogenated alkanes) is 2. The number of hydrogen-bond donors (Lipinski definition) is 1. The van der Waals surface area contributed by atoms with Gasteiger partial charge in [0.25, 0.3) is 0 Å². The van der Waals surface area contributed by atoms with Gasteiger partial charge in [-0.2, -0.15) is 4.31 Å². The van der Waals surface area contributed by atoms with E-state index in [2.05, 4.69) is 12.2 Å². The van der Waals surface area contributed by atoms with E-state index in [9.17, 15) is 13.2 Å². The monoisotopic (exact) mass is 366 g/mol. The van der Waals surface area contributed by atoms with Crippen LogP contribution in [0.2, 0.25) is 0 Å². The van der Waals surface area contributed by atoms with Gasteiger partial charge >= 0.3 is 0 Å². The zero-order valence-corrected chi connectivity index (χ0v) is 16.6. The van der Waals surface area contributed by atoms with Crippen molar-refractivity contribution in [3.63, 3.8) is 0 Å². The molecule has 0 bridgehead atoms. The zero-order chi connectivity index (χ0) is 18.6. The van der Waals surface area contributed by atoms with Gasteiger partial charge in [0.1, 0.15) is 6.04 Å². The van der Waals surface area contributed by atoms with Crippen molar-refractivity contribution in [1.82, 2.24) is 9.62 Å². The molecule has 1 N–H and O–H groups in total. The maximum atomic E-state index is 13.2. The van der Waals surface area contributed by atoms with Crippen molar-refractivity contribution in [2.75, 3.05) is 13.1 Å². The molecule has 1 amide bonds. The predicted molar refractivity (Wildman–Crippen MR) is 100 cm³/mol. The van der Waals surface area contributed by atoms with Gasteiger partial charge in [-0.3, -0.25) is 4.79 Å². The summed E-state index contributed by atoms with van der Waals surface area (Å²) in [5.74, 6) is -0.167. The highest BCUT2D eigenvalue weighted by atomic mass is 32.2. The van der Waals surface area contributed by atoms with Crippen molar-refractivity contribution in [1.29, 1.82) is 0 Å². The summed E-state index contributed by atoms with van der Waals surface area (Å²) in [6, 6.07) is 3.18. The van der Waals surface area contributed by atoms with Crippen LogP contribution in [0.5, 0.6) is 0 Å². The van der Waals surface area contributed by atoms with E-state index in [1.54, 1.807) is 0 Å². The second kappa shape index (κ2) is 8.32. The second-order valence-electron chi connectivity index (χ2n) is 7.00. The summed E-state index contributed by atoms with van der Waals surface area (Å²) in [6.07, 6.45) is 4.39. The fraction of sp³-hybridized carbons (Fsp3) is 0.632. The van der Waals surface area contributed by atoms with Gasteiger partial charge in [-0.1, -0.05) is 37.5 Å². The molecule has 1 heterocycles. The summed E-state index contributed by atoms with van der Waals surface area (Å²) >= 11 is 0. The zero-order valence-electron chi connectivity index (χ0n) is 15.8. The van der Waals surface area contributed by atoms with Crippen LogP contribution in [0.15, 0.2) is 17.0 Å². The summed E-state index contributed by atoms with van der Waals surface area (Å²) in [5, 5.41) is 2.91. The fourth-order valence-electron chi connectivity index (χ4n) is 3.69. The molecule has 140 valence electrons. The highest BCUT2D eigenvalue weighted by Crippen LogP contribution is 2.30. The lowest BCUT2D eigenvalue weighted by Crippen LogP contribution is -2.46. The third kappa shape index (κ3) is 4.42. The molecule has 1 aliphatic rings. The largest absolute Gasteiger partial charge is 0.355 e. The van der Waals surface area contributed by atoms with Crippen LogP contribution in [-0.4, -0.2) is 37.8 Å². The summed E-state index contributed by atoms with van der Waals surface area (Å²) in [4.78, 5) is 12.9. The Hall–Kier alpha value is -1.40. The summed E-state index contributed by atoms with van der Waals surface area (Å²) in [7, 11) is -3.67. The Bertz CT molecular complexity index is 705. The molecule has 1 saturated heterocycles. The molecule has 1 atom stereocenters. The Balaban J connectivity index is 2.22. The SMILES string of the molecule is CCCCCNC(=O)C1CCCN1S(=O)(=O)c1c(C)cc(C)cc1C. The van der Waals surface area contributed by atoms with Crippen LogP contribution >= 0.6 is 0 Å². The van der Waals surface area contributed by atoms with E-state index in [4.69, 9.17) is 0 Å². The minimum atomic E-state index is -3.67. The molecule has 1 aliphatic heterocycles. The molecule has 2 rings (SSSR count). The summed E-state index contributed by atoms with van der Waals surface area (Å²) < 4.78 is 27.8. The molecule has 1 fully saturated rings. The van der Waals surface area contributed by atoms with Gasteiger partial charge in [-0.25, -0.2) is 8.42 Å². The van der Waals surface area contributed by atoms with Crippen molar-refractivity contribution >= 4 is 15.9 Å². The average Bonchev–Trinajstić information content (AvgIpc) is 3.00. The lowest BCUT2D eigenvalue weighted by Gasteiger charge is -2.25. The van der Waals surface area contributed by atoms with Crippen LogP contribution in [-0.2, 0) is 14.8 Å². The highest BCUT2D eigenvalue weighted by Gasteiger charge is 2.40. The Morgan fingerprint density at radius 1 is 1.20 bits per heavy atom. The van der Waals surface area contributed by atoms with Crippen LogP contribution in [0.1, 0.15) is 55.7 Å². The molecule has 0 radical (unpaired) electrons. The molecular formula is C19H30N2O3S. The first-order valence-electron chi connectivity index (χ1n) is 9.16. The molecule has 0 saturated carbocycles. The number of nitrogens with zero attached hydrogens (tertiary/aromatic N) is 1. The van der Waals surface area contributed by atoms with E-state index in [1.807, 2.05) is 32.9 Å². The van der Waals surface area contributed by atoms with E-state index in [1.165, 1.54) is 4.31 Å². The molecule has 1 aromatic carbocycles. The van der Waals surface area contributed by atoms with Crippen molar-refractivity contribution in [3.05, 3.63) is 28.8 Å². The first-order chi connectivity index (χ1) is 11.8. The number of amides is 1. The number of sulfonamides is 1. The maximum Gasteiger partial charge on any atom is 0.244 e. The minimum absolute atomic E-state index is 0.167. The van der Waals surface area contributed by atoms with E-state index in [-0.39, 0.29) is 5.91 Å². The molecule has 1 aromatic rings. The van der Waals surface area contributed by atoms with E-state index >= 15 is 0 Å². The molecule has 1 unspecified atom stereocenters. The van der Waals surface area contributed by atoms with Crippen LogP contribution in [0, 0.1) is 20.8 Å². The Kier molecular flexibility index (Phi) is 6.63. The van der Waals surface area contributed by atoms with Crippen LogP contribution in [0.25, 0.3) is 0 Å². The summed E-state index contributed by atoms with van der Waals surface area (Å²) in [6.45, 7) is 8.73. The van der Waals surface area contributed by atoms with Gasteiger partial charge in [-0.05, 0) is 51.2 Å². The first-order valence-corrected chi connectivity index (χ1v) is 10.6. The number of nitrogens with one attached hydrogen (secondary N) is 1. The molecule has 6 heteroatoms. The van der Waals surface area contributed by atoms with Crippen LogP contribution in [0.4, 0.5) is 0 Å². The van der Waals surface area contributed by atoms with Crippen molar-refractivity contribution in [2.45, 2.75) is 70.7 Å². The normalized spacial score (nSPS) is 18.5. The van der Waals surface area contributed by atoms with E-state index < -0.39 is 16.1 Å². The van der Waals surface area contributed by atoms with Crippen LogP contribution < -0.4 is 5.32 Å². The fourth-order valence-corrected chi connectivity index (χ4v) is 5.76. The van der Waals surface area contributed by atoms with Crippen molar-refractivity contribution in [2.24, 2.45) is 0 Å². The Labute approximate surface area is 151 Å². The third-order valence-electron chi connectivity index (χ3n) is 4.76. The molecule has 0 aliphatic carbocycles. The lowest BCUT2D eigenvalue weighted by molar-refractivity contribution is -0.124. The molecule has 0 aromatic heterocycles. The van der Waals surface area contributed by atoms with Crippen molar-refractivity contribution in [3.8, 4) is 0 Å². The van der Waals surface area contributed by atoms with Gasteiger partial charge in [0, 0.05) is 13.1 Å². The summed E-state index contributed by atoms with van der Waals surface area (Å²) in [5.41, 5.74) is 2.53. The number of carbonyl (C=O) groups is 1. The second-order valence-corrected chi connectivity index (χ2v) is 8.83. The minimum Gasteiger partial charge on any atom is -0.355 e. The number of aryl methyl sites for hydroxylation is 3. The third-order valence-corrected chi connectivity index (χ3v) is 6.97. The van der Waals surface area contributed by atoms with Gasteiger partial charge in [-0.15, -0.1) is 0 Å². The number of hydrogen-bond acceptors (Lipinski definition) is 3. The highest BCUT2D eigenvalue weighted by molar-refractivity contribution is 7.89. The van der Waals surface area contributed by atoms with Gasteiger partial charge in [0.15, 0.2) is 0 Å². The van der Waals surface area contributed by atoms with E-state index in [0.717, 1.165) is 42.4 Å². The first kappa shape index (κ1) is 19.9. The molecule has 0 spiro atoms. The van der Waals surface area contributed by atoms with Gasteiger partial charge < -0.3 is 5.32 Å². The van der Waals surface area contributed by atoms with Gasteiger partial charge in [0.2, 0.25) is 15.9 Å². The number of carbonyl (C=O) groups excluding carboxylic acids is 1. The van der Waals surface area contributed by atoms with Crippen LogP contribution in [0.3, 0.4) is 0 Å².